The molecule has 1 N–H and O–H groups in total. The number of nitrogens with one attached hydrogen (secondary N) is 1. The van der Waals surface area contributed by atoms with Gasteiger partial charge in [-0.25, -0.2) is 4.79 Å². The average molecular weight is 470 g/mol. The van der Waals surface area contributed by atoms with Crippen LogP contribution in [0.1, 0.15) is 47.6 Å². The Bertz CT molecular complexity index is 1110. The first-order valence-electron chi connectivity index (χ1n) is 12.8. The summed E-state index contributed by atoms with van der Waals surface area (Å²) in [5.41, 5.74) is 5.08. The van der Waals surface area contributed by atoms with Gasteiger partial charge in [0.1, 0.15) is 5.75 Å². The summed E-state index contributed by atoms with van der Waals surface area (Å²) in [5, 5.41) is 3.23. The van der Waals surface area contributed by atoms with E-state index in [1.165, 1.54) is 22.3 Å². The summed E-state index contributed by atoms with van der Waals surface area (Å²) in [6, 6.07) is 27.7. The van der Waals surface area contributed by atoms with Gasteiger partial charge in [-0.3, -0.25) is 4.90 Å². The molecule has 1 fully saturated rings. The molecule has 3 aromatic carbocycles. The third-order valence-corrected chi connectivity index (χ3v) is 7.39. The van der Waals surface area contributed by atoms with Gasteiger partial charge in [0, 0.05) is 32.2 Å². The van der Waals surface area contributed by atoms with Crippen LogP contribution >= 0.6 is 0 Å². The van der Waals surface area contributed by atoms with Crippen molar-refractivity contribution in [2.45, 2.75) is 44.3 Å². The van der Waals surface area contributed by atoms with E-state index in [1.54, 1.807) is 7.11 Å². The first kappa shape index (κ1) is 23.4. The normalized spacial score (nSPS) is 19.7. The van der Waals surface area contributed by atoms with Crippen LogP contribution in [0.2, 0.25) is 0 Å². The van der Waals surface area contributed by atoms with Gasteiger partial charge in [0.2, 0.25) is 0 Å². The SMILES string of the molecule is COc1ccc(CN2CCC(N3C(=O)NCCCc4ccccc4C3c3ccccc3)CC2)cc1. The van der Waals surface area contributed by atoms with Crippen LogP contribution in [0.3, 0.4) is 0 Å². The van der Waals surface area contributed by atoms with Gasteiger partial charge < -0.3 is 15.0 Å². The number of benzene rings is 3. The van der Waals surface area contributed by atoms with Crippen molar-refractivity contribution in [1.29, 1.82) is 0 Å². The molecule has 2 aliphatic rings. The molecule has 3 aromatic rings. The second kappa shape index (κ2) is 11.0. The molecule has 35 heavy (non-hydrogen) atoms. The molecule has 5 nitrogen and oxygen atoms in total. The van der Waals surface area contributed by atoms with Gasteiger partial charge in [-0.2, -0.15) is 0 Å². The number of aryl methyl sites for hydroxylation is 1. The lowest BCUT2D eigenvalue weighted by Crippen LogP contribution is -2.52. The maximum Gasteiger partial charge on any atom is 0.318 e. The van der Waals surface area contributed by atoms with Gasteiger partial charge in [-0.05, 0) is 60.1 Å². The summed E-state index contributed by atoms with van der Waals surface area (Å²) in [5.74, 6) is 0.888. The van der Waals surface area contributed by atoms with Crippen molar-refractivity contribution in [3.8, 4) is 5.75 Å². The van der Waals surface area contributed by atoms with E-state index in [2.05, 4.69) is 75.8 Å². The fourth-order valence-electron chi connectivity index (χ4n) is 5.56. The molecular formula is C30H35N3O2. The van der Waals surface area contributed by atoms with E-state index in [0.29, 0.717) is 6.54 Å². The van der Waals surface area contributed by atoms with Crippen molar-refractivity contribution >= 4 is 6.03 Å². The Balaban J connectivity index is 1.40. The molecule has 0 bridgehead atoms. The number of fused-ring (bicyclic) bond motifs is 1. The molecule has 0 saturated carbocycles. The smallest absolute Gasteiger partial charge is 0.318 e. The quantitative estimate of drug-likeness (QED) is 0.544. The maximum atomic E-state index is 13.6. The zero-order valence-corrected chi connectivity index (χ0v) is 20.5. The Morgan fingerprint density at radius 1 is 0.914 bits per heavy atom. The zero-order chi connectivity index (χ0) is 24.0. The molecule has 1 atom stereocenters. The number of carbonyl (C=O) groups excluding carboxylic acids is 1. The summed E-state index contributed by atoms with van der Waals surface area (Å²) < 4.78 is 5.29. The largest absolute Gasteiger partial charge is 0.497 e. The maximum absolute atomic E-state index is 13.6. The average Bonchev–Trinajstić information content (AvgIpc) is 2.98. The predicted molar refractivity (Wildman–Crippen MR) is 140 cm³/mol. The second-order valence-electron chi connectivity index (χ2n) is 9.61. The van der Waals surface area contributed by atoms with E-state index in [9.17, 15) is 4.79 Å². The number of urea groups is 1. The van der Waals surface area contributed by atoms with Crippen LogP contribution in [0, 0.1) is 0 Å². The number of ether oxygens (including phenoxy) is 1. The minimum atomic E-state index is -0.0800. The molecule has 2 heterocycles. The van der Waals surface area contributed by atoms with Gasteiger partial charge in [0.05, 0.1) is 13.2 Å². The van der Waals surface area contributed by atoms with Crippen molar-refractivity contribution in [2.75, 3.05) is 26.7 Å². The summed E-state index contributed by atoms with van der Waals surface area (Å²) in [6.07, 6.45) is 3.87. The first-order chi connectivity index (χ1) is 17.2. The molecule has 0 aromatic heterocycles. The van der Waals surface area contributed by atoms with Crippen LogP contribution < -0.4 is 10.1 Å². The Hall–Kier alpha value is -3.31. The predicted octanol–water partition coefficient (Wildman–Crippen LogP) is 5.41. The number of hydrogen-bond acceptors (Lipinski definition) is 3. The molecule has 2 amide bonds. The van der Waals surface area contributed by atoms with Crippen LogP contribution in [0.15, 0.2) is 78.9 Å². The fraction of sp³-hybridized carbons (Fsp3) is 0.367. The number of nitrogens with zero attached hydrogens (tertiary/aromatic N) is 2. The van der Waals surface area contributed by atoms with Gasteiger partial charge >= 0.3 is 6.03 Å². The molecule has 5 heteroatoms. The molecule has 5 rings (SSSR count). The zero-order valence-electron chi connectivity index (χ0n) is 20.5. The van der Waals surface area contributed by atoms with Gasteiger partial charge in [-0.1, -0.05) is 66.7 Å². The molecule has 2 aliphatic heterocycles. The van der Waals surface area contributed by atoms with Crippen molar-refractivity contribution in [3.63, 3.8) is 0 Å². The summed E-state index contributed by atoms with van der Waals surface area (Å²) in [4.78, 5) is 18.3. The van der Waals surface area contributed by atoms with E-state index in [-0.39, 0.29) is 18.1 Å². The van der Waals surface area contributed by atoms with Crippen LogP contribution in [0.4, 0.5) is 4.79 Å². The Morgan fingerprint density at radius 3 is 2.37 bits per heavy atom. The summed E-state index contributed by atoms with van der Waals surface area (Å²) in [7, 11) is 1.70. The van der Waals surface area contributed by atoms with Gasteiger partial charge in [0.25, 0.3) is 0 Å². The number of rotatable bonds is 5. The molecule has 0 aliphatic carbocycles. The van der Waals surface area contributed by atoms with Gasteiger partial charge in [-0.15, -0.1) is 0 Å². The lowest BCUT2D eigenvalue weighted by atomic mass is 9.89. The Kier molecular flexibility index (Phi) is 7.34. The number of likely N-dealkylation sites (tertiary alicyclic amines) is 1. The molecule has 1 unspecified atom stereocenters. The topological polar surface area (TPSA) is 44.8 Å². The van der Waals surface area contributed by atoms with E-state index >= 15 is 0 Å². The third kappa shape index (κ3) is 5.35. The van der Waals surface area contributed by atoms with Crippen LogP contribution in [0.5, 0.6) is 5.75 Å². The molecule has 0 spiro atoms. The van der Waals surface area contributed by atoms with E-state index in [4.69, 9.17) is 4.74 Å². The second-order valence-corrected chi connectivity index (χ2v) is 9.61. The molecular weight excluding hydrogens is 434 g/mol. The lowest BCUT2D eigenvalue weighted by Gasteiger charge is -2.43. The van der Waals surface area contributed by atoms with Crippen molar-refractivity contribution in [2.24, 2.45) is 0 Å². The lowest BCUT2D eigenvalue weighted by molar-refractivity contribution is 0.101. The number of hydrogen-bond donors (Lipinski definition) is 1. The van der Waals surface area contributed by atoms with E-state index in [0.717, 1.165) is 51.1 Å². The highest BCUT2D eigenvalue weighted by molar-refractivity contribution is 5.76. The highest BCUT2D eigenvalue weighted by Crippen LogP contribution is 2.36. The minimum absolute atomic E-state index is 0.0594. The van der Waals surface area contributed by atoms with Crippen LogP contribution in [0.25, 0.3) is 0 Å². The third-order valence-electron chi connectivity index (χ3n) is 7.39. The van der Waals surface area contributed by atoms with E-state index < -0.39 is 0 Å². The highest BCUT2D eigenvalue weighted by atomic mass is 16.5. The molecule has 1 saturated heterocycles. The van der Waals surface area contributed by atoms with Crippen molar-refractivity contribution in [1.82, 2.24) is 15.1 Å². The number of carbonyl (C=O) groups is 1. The summed E-state index contributed by atoms with van der Waals surface area (Å²) >= 11 is 0. The fourth-order valence-corrected chi connectivity index (χ4v) is 5.56. The standard InChI is InChI=1S/C30H35N3O2/c1-35-27-15-13-23(14-16-27)22-32-20-17-26(18-21-32)33-29(25-9-3-2-4-10-25)28-12-6-5-8-24(28)11-7-19-31-30(33)34/h2-6,8-10,12-16,26,29H,7,11,17-22H2,1H3,(H,31,34). The van der Waals surface area contributed by atoms with E-state index in [1.807, 2.05) is 18.2 Å². The highest BCUT2D eigenvalue weighted by Gasteiger charge is 2.36. The monoisotopic (exact) mass is 469 g/mol. The number of amides is 2. The number of piperidine rings is 1. The number of methoxy groups -OCH3 is 1. The van der Waals surface area contributed by atoms with Crippen LogP contribution in [-0.2, 0) is 13.0 Å². The first-order valence-corrected chi connectivity index (χ1v) is 12.8. The minimum Gasteiger partial charge on any atom is -0.497 e. The van der Waals surface area contributed by atoms with Crippen molar-refractivity contribution in [3.05, 3.63) is 101 Å². The Morgan fingerprint density at radius 2 is 1.63 bits per heavy atom. The molecule has 0 radical (unpaired) electrons. The van der Waals surface area contributed by atoms with Crippen LogP contribution in [-0.4, -0.2) is 48.6 Å². The molecule has 182 valence electrons. The Labute approximate surface area is 208 Å². The van der Waals surface area contributed by atoms with Crippen molar-refractivity contribution < 1.29 is 9.53 Å². The van der Waals surface area contributed by atoms with Gasteiger partial charge in [0.15, 0.2) is 0 Å². The summed E-state index contributed by atoms with van der Waals surface area (Å²) in [6.45, 7) is 3.59.